The molecule has 1 saturated carbocycles. The van der Waals surface area contributed by atoms with Crippen LogP contribution in [0.2, 0.25) is 0 Å². The van der Waals surface area contributed by atoms with E-state index in [0.717, 1.165) is 38.7 Å². The van der Waals surface area contributed by atoms with E-state index in [1.165, 1.54) is 36.8 Å². The molecule has 3 heteroatoms. The number of ether oxygens (including phenoxy) is 1. The number of hydrogen-bond donors (Lipinski definition) is 2. The maximum atomic E-state index is 9.56. The molecule has 130 valence electrons. The Labute approximate surface area is 141 Å². The zero-order valence-electron chi connectivity index (χ0n) is 14.6. The second kappa shape index (κ2) is 9.41. The summed E-state index contributed by atoms with van der Waals surface area (Å²) in [5, 5.41) is 9.56. The van der Waals surface area contributed by atoms with E-state index in [0.29, 0.717) is 5.92 Å². The van der Waals surface area contributed by atoms with Gasteiger partial charge in [0, 0.05) is 19.3 Å². The summed E-state index contributed by atoms with van der Waals surface area (Å²) in [6, 6.07) is 9.01. The van der Waals surface area contributed by atoms with Crippen molar-refractivity contribution >= 4 is 0 Å². The number of methoxy groups -OCH3 is 1. The van der Waals surface area contributed by atoms with E-state index in [9.17, 15) is 5.11 Å². The van der Waals surface area contributed by atoms with Crippen LogP contribution in [0.3, 0.4) is 0 Å². The zero-order valence-corrected chi connectivity index (χ0v) is 14.6. The van der Waals surface area contributed by atoms with Gasteiger partial charge in [-0.1, -0.05) is 43.5 Å². The van der Waals surface area contributed by atoms with E-state index in [4.69, 9.17) is 10.5 Å². The lowest BCUT2D eigenvalue weighted by Gasteiger charge is -2.29. The van der Waals surface area contributed by atoms with Gasteiger partial charge in [-0.25, -0.2) is 0 Å². The highest BCUT2D eigenvalue weighted by Gasteiger charge is 2.38. The normalized spacial score (nSPS) is 24.2. The highest BCUT2D eigenvalue weighted by Crippen LogP contribution is 2.35. The molecule has 0 amide bonds. The lowest BCUT2D eigenvalue weighted by molar-refractivity contribution is 0.160. The Bertz CT molecular complexity index is 445. The van der Waals surface area contributed by atoms with Crippen molar-refractivity contribution in [2.24, 2.45) is 11.7 Å². The van der Waals surface area contributed by atoms with E-state index >= 15 is 0 Å². The SMILES string of the molecule is COCCCCCCc1ccc(C[C@H]2CCC[C@@]2(N)CO)cc1. The number of hydrogen-bond acceptors (Lipinski definition) is 3. The molecule has 0 bridgehead atoms. The first-order chi connectivity index (χ1) is 11.2. The highest BCUT2D eigenvalue weighted by atomic mass is 16.5. The van der Waals surface area contributed by atoms with E-state index in [2.05, 4.69) is 24.3 Å². The van der Waals surface area contributed by atoms with E-state index in [1.54, 1.807) is 7.11 Å². The molecule has 0 unspecified atom stereocenters. The third-order valence-electron chi connectivity index (χ3n) is 5.37. The van der Waals surface area contributed by atoms with Crippen molar-refractivity contribution in [2.75, 3.05) is 20.3 Å². The van der Waals surface area contributed by atoms with Gasteiger partial charge in [-0.15, -0.1) is 0 Å². The third kappa shape index (κ3) is 5.59. The van der Waals surface area contributed by atoms with Crippen molar-refractivity contribution in [1.29, 1.82) is 0 Å². The minimum absolute atomic E-state index is 0.110. The van der Waals surface area contributed by atoms with Crippen LogP contribution in [0.25, 0.3) is 0 Å². The quantitative estimate of drug-likeness (QED) is 0.649. The molecule has 0 aromatic heterocycles. The molecule has 2 atom stereocenters. The van der Waals surface area contributed by atoms with E-state index in [-0.39, 0.29) is 12.1 Å². The van der Waals surface area contributed by atoms with Gasteiger partial charge in [0.15, 0.2) is 0 Å². The van der Waals surface area contributed by atoms with Gasteiger partial charge in [0.25, 0.3) is 0 Å². The van der Waals surface area contributed by atoms with Gasteiger partial charge in [-0.05, 0) is 55.6 Å². The molecule has 1 aromatic carbocycles. The monoisotopic (exact) mass is 319 g/mol. The Morgan fingerprint density at radius 3 is 2.52 bits per heavy atom. The van der Waals surface area contributed by atoms with Gasteiger partial charge in [0.05, 0.1) is 6.61 Å². The van der Waals surface area contributed by atoms with Crippen LogP contribution in [0.1, 0.15) is 56.1 Å². The summed E-state index contributed by atoms with van der Waals surface area (Å²) in [5.74, 6) is 0.416. The molecule has 0 saturated heterocycles. The van der Waals surface area contributed by atoms with Crippen molar-refractivity contribution in [3.05, 3.63) is 35.4 Å². The van der Waals surface area contributed by atoms with Crippen molar-refractivity contribution in [2.45, 2.75) is 63.3 Å². The Balaban J connectivity index is 1.74. The van der Waals surface area contributed by atoms with Crippen LogP contribution in [0.4, 0.5) is 0 Å². The predicted octanol–water partition coefficient (Wildman–Crippen LogP) is 3.47. The van der Waals surface area contributed by atoms with Gasteiger partial charge in [0.2, 0.25) is 0 Å². The molecule has 0 radical (unpaired) electrons. The lowest BCUT2D eigenvalue weighted by atomic mass is 9.84. The van der Waals surface area contributed by atoms with Crippen LogP contribution in [0.15, 0.2) is 24.3 Å². The maximum absolute atomic E-state index is 9.56. The molecule has 3 N–H and O–H groups in total. The van der Waals surface area contributed by atoms with Gasteiger partial charge in [-0.2, -0.15) is 0 Å². The first kappa shape index (κ1) is 18.4. The van der Waals surface area contributed by atoms with Crippen molar-refractivity contribution in [1.82, 2.24) is 0 Å². The fraction of sp³-hybridized carbons (Fsp3) is 0.700. The number of benzene rings is 1. The summed E-state index contributed by atoms with van der Waals surface area (Å²) < 4.78 is 5.07. The minimum Gasteiger partial charge on any atom is -0.394 e. The van der Waals surface area contributed by atoms with Gasteiger partial charge >= 0.3 is 0 Å². The molecular formula is C20H33NO2. The van der Waals surface area contributed by atoms with Gasteiger partial charge < -0.3 is 15.6 Å². The maximum Gasteiger partial charge on any atom is 0.0614 e. The number of unbranched alkanes of at least 4 members (excludes halogenated alkanes) is 3. The molecule has 0 heterocycles. The second-order valence-corrected chi connectivity index (χ2v) is 7.16. The van der Waals surface area contributed by atoms with E-state index < -0.39 is 0 Å². The second-order valence-electron chi connectivity index (χ2n) is 7.16. The number of rotatable bonds is 10. The van der Waals surface area contributed by atoms with Gasteiger partial charge in [-0.3, -0.25) is 0 Å². The molecule has 1 fully saturated rings. The Morgan fingerprint density at radius 2 is 1.83 bits per heavy atom. The molecule has 2 rings (SSSR count). The largest absolute Gasteiger partial charge is 0.394 e. The Hall–Kier alpha value is -0.900. The zero-order chi connectivity index (χ0) is 16.5. The Morgan fingerprint density at radius 1 is 1.13 bits per heavy atom. The van der Waals surface area contributed by atoms with Crippen LogP contribution in [-0.4, -0.2) is 31.0 Å². The minimum atomic E-state index is -0.360. The van der Waals surface area contributed by atoms with Gasteiger partial charge in [0.1, 0.15) is 0 Å². The molecule has 0 aliphatic heterocycles. The summed E-state index contributed by atoms with van der Waals surface area (Å²) in [4.78, 5) is 0. The number of aliphatic hydroxyl groups excluding tert-OH is 1. The predicted molar refractivity (Wildman–Crippen MR) is 95.5 cm³/mol. The molecule has 1 aromatic rings. The smallest absolute Gasteiger partial charge is 0.0614 e. The lowest BCUT2D eigenvalue weighted by Crippen LogP contribution is -2.47. The average Bonchev–Trinajstić information content (AvgIpc) is 2.94. The first-order valence-electron chi connectivity index (χ1n) is 9.14. The summed E-state index contributed by atoms with van der Waals surface area (Å²) in [6.07, 6.45) is 10.3. The molecular weight excluding hydrogens is 286 g/mol. The van der Waals surface area contributed by atoms with Crippen LogP contribution in [0, 0.1) is 5.92 Å². The summed E-state index contributed by atoms with van der Waals surface area (Å²) in [5.41, 5.74) is 8.75. The van der Waals surface area contributed by atoms with Crippen LogP contribution >= 0.6 is 0 Å². The fourth-order valence-electron chi connectivity index (χ4n) is 3.74. The van der Waals surface area contributed by atoms with E-state index in [1.807, 2.05) is 0 Å². The molecule has 1 aliphatic rings. The van der Waals surface area contributed by atoms with Crippen LogP contribution < -0.4 is 5.73 Å². The molecule has 1 aliphatic carbocycles. The molecule has 23 heavy (non-hydrogen) atoms. The highest BCUT2D eigenvalue weighted by molar-refractivity contribution is 5.24. The topological polar surface area (TPSA) is 55.5 Å². The first-order valence-corrected chi connectivity index (χ1v) is 9.14. The Kier molecular flexibility index (Phi) is 7.54. The number of aryl methyl sites for hydroxylation is 1. The summed E-state index contributed by atoms with van der Waals surface area (Å²) in [6.45, 7) is 0.991. The van der Waals surface area contributed by atoms with Crippen molar-refractivity contribution in [3.63, 3.8) is 0 Å². The number of nitrogens with two attached hydrogens (primary N) is 1. The number of aliphatic hydroxyl groups is 1. The molecule has 0 spiro atoms. The van der Waals surface area contributed by atoms with Crippen molar-refractivity contribution in [3.8, 4) is 0 Å². The fourth-order valence-corrected chi connectivity index (χ4v) is 3.74. The molecule has 3 nitrogen and oxygen atoms in total. The average molecular weight is 319 g/mol. The third-order valence-corrected chi connectivity index (χ3v) is 5.37. The standard InChI is InChI=1S/C20H33NO2/c1-23-14-5-3-2-4-7-17-9-11-18(12-10-17)15-19-8-6-13-20(19,21)16-22/h9-12,19,22H,2-8,13-16,21H2,1H3/t19-,20-/m1/s1. The van der Waals surface area contributed by atoms with Crippen LogP contribution in [-0.2, 0) is 17.6 Å². The van der Waals surface area contributed by atoms with Crippen LogP contribution in [0.5, 0.6) is 0 Å². The van der Waals surface area contributed by atoms with Crippen molar-refractivity contribution < 1.29 is 9.84 Å². The summed E-state index contributed by atoms with van der Waals surface area (Å²) >= 11 is 0. The summed E-state index contributed by atoms with van der Waals surface area (Å²) in [7, 11) is 1.77.